The number of thiazole rings is 1. The zero-order valence-electron chi connectivity index (χ0n) is 17.6. The Labute approximate surface area is 189 Å². The predicted molar refractivity (Wildman–Crippen MR) is 120 cm³/mol. The first kappa shape index (κ1) is 23.5. The van der Waals surface area contributed by atoms with Crippen LogP contribution < -0.4 is 19.5 Å². The van der Waals surface area contributed by atoms with Crippen LogP contribution in [0.2, 0.25) is 0 Å². The van der Waals surface area contributed by atoms with Crippen LogP contribution in [0.15, 0.2) is 53.6 Å². The fourth-order valence-electron chi connectivity index (χ4n) is 2.57. The van der Waals surface area contributed by atoms with Crippen LogP contribution in [0.4, 0.5) is 5.13 Å². The van der Waals surface area contributed by atoms with E-state index in [4.69, 9.17) is 14.2 Å². The Morgan fingerprint density at radius 1 is 1.16 bits per heavy atom. The van der Waals surface area contributed by atoms with Gasteiger partial charge in [0.2, 0.25) is 0 Å². The van der Waals surface area contributed by atoms with Crippen molar-refractivity contribution < 1.29 is 32.5 Å². The number of aliphatic hydroxyl groups is 1. The number of carbonyl (C=O) groups is 1. The van der Waals surface area contributed by atoms with Gasteiger partial charge in [0.05, 0.1) is 24.8 Å². The molecule has 2 aromatic carbocycles. The molecule has 0 radical (unpaired) electrons. The number of benzene rings is 2. The van der Waals surface area contributed by atoms with Gasteiger partial charge in [0.25, 0.3) is 5.91 Å². The summed E-state index contributed by atoms with van der Waals surface area (Å²) in [6.07, 6.45) is 2.12. The third kappa shape index (κ3) is 6.19. The molecule has 0 fully saturated rings. The summed E-state index contributed by atoms with van der Waals surface area (Å²) in [5.41, 5.74) is 0.240. The zero-order chi connectivity index (χ0) is 23.3. The summed E-state index contributed by atoms with van der Waals surface area (Å²) in [7, 11) is -1.82. The number of rotatable bonds is 9. The highest BCUT2D eigenvalue weighted by atomic mass is 32.2. The number of nitrogens with one attached hydrogen (secondary N) is 1. The van der Waals surface area contributed by atoms with Crippen LogP contribution in [0.1, 0.15) is 17.3 Å². The average molecular weight is 479 g/mol. The summed E-state index contributed by atoms with van der Waals surface area (Å²) < 4.78 is 39.8. The second-order valence-electron chi connectivity index (χ2n) is 6.79. The van der Waals surface area contributed by atoms with E-state index in [1.54, 1.807) is 13.0 Å². The number of hydrogen-bond acceptors (Lipinski definition) is 9. The molecule has 3 aromatic rings. The summed E-state index contributed by atoms with van der Waals surface area (Å²) in [5, 5.41) is 12.9. The predicted octanol–water partition coefficient (Wildman–Crippen LogP) is 3.36. The molecule has 0 unspecified atom stereocenters. The second kappa shape index (κ2) is 9.98. The summed E-state index contributed by atoms with van der Waals surface area (Å²) in [4.78, 5) is 17.0. The van der Waals surface area contributed by atoms with Gasteiger partial charge in [-0.2, -0.15) is 0 Å². The first-order chi connectivity index (χ1) is 15.2. The van der Waals surface area contributed by atoms with E-state index in [0.29, 0.717) is 27.4 Å². The van der Waals surface area contributed by atoms with Gasteiger partial charge in [-0.25, -0.2) is 13.4 Å². The number of hydrogen-bond donors (Lipinski definition) is 2. The minimum atomic E-state index is -3.33. The van der Waals surface area contributed by atoms with Crippen molar-refractivity contribution in [1.82, 2.24) is 4.98 Å². The highest BCUT2D eigenvalue weighted by Crippen LogP contribution is 2.30. The van der Waals surface area contributed by atoms with Crippen LogP contribution in [-0.4, -0.2) is 50.5 Å². The van der Waals surface area contributed by atoms with E-state index in [2.05, 4.69) is 10.3 Å². The van der Waals surface area contributed by atoms with Gasteiger partial charge in [-0.1, -0.05) is 11.3 Å². The Bertz CT molecular complexity index is 1190. The number of anilines is 1. The highest BCUT2D eigenvalue weighted by molar-refractivity contribution is 7.90. The van der Waals surface area contributed by atoms with Crippen LogP contribution >= 0.6 is 11.3 Å². The van der Waals surface area contributed by atoms with Crippen molar-refractivity contribution in [3.05, 3.63) is 54.2 Å². The first-order valence-electron chi connectivity index (χ1n) is 9.39. The Hall–Kier alpha value is -3.15. The molecule has 1 atom stereocenters. The maximum atomic E-state index is 12.8. The molecule has 0 aliphatic carbocycles. The van der Waals surface area contributed by atoms with Crippen molar-refractivity contribution in [1.29, 1.82) is 0 Å². The fourth-order valence-corrected chi connectivity index (χ4v) is 3.83. The number of nitrogens with zero attached hydrogens (tertiary/aromatic N) is 1. The molecule has 1 aromatic heterocycles. The number of amides is 1. The third-order valence-electron chi connectivity index (χ3n) is 4.13. The van der Waals surface area contributed by atoms with E-state index in [1.807, 2.05) is 0 Å². The van der Waals surface area contributed by atoms with Gasteiger partial charge in [0.15, 0.2) is 20.0 Å². The van der Waals surface area contributed by atoms with E-state index in [-0.39, 0.29) is 17.1 Å². The molecule has 32 heavy (non-hydrogen) atoms. The van der Waals surface area contributed by atoms with Gasteiger partial charge >= 0.3 is 0 Å². The van der Waals surface area contributed by atoms with Crippen LogP contribution in [-0.2, 0) is 9.84 Å². The van der Waals surface area contributed by atoms with Crippen molar-refractivity contribution in [2.75, 3.05) is 25.3 Å². The highest BCUT2D eigenvalue weighted by Gasteiger charge is 2.15. The van der Waals surface area contributed by atoms with Crippen LogP contribution in [0.3, 0.4) is 0 Å². The van der Waals surface area contributed by atoms with E-state index in [1.165, 1.54) is 61.0 Å². The van der Waals surface area contributed by atoms with Gasteiger partial charge in [-0.05, 0) is 43.3 Å². The van der Waals surface area contributed by atoms with Crippen LogP contribution in [0.25, 0.3) is 0 Å². The van der Waals surface area contributed by atoms with E-state index >= 15 is 0 Å². The molecule has 1 amide bonds. The quantitative estimate of drug-likeness (QED) is 0.480. The lowest BCUT2D eigenvalue weighted by atomic mass is 10.2. The standard InChI is InChI=1S/C21H22N2O7S2/c1-13(12-24)29-16-8-14(20(25)23-21-22-11-19(28-2)31-21)9-17(10-16)30-15-4-6-18(7-5-15)32(3,26)27/h4-11,13,24H,12H2,1-3H3,(H,22,23,25)/t13-/m0/s1. The normalized spacial score (nSPS) is 12.1. The fraction of sp³-hybridized carbons (Fsp3) is 0.238. The monoisotopic (exact) mass is 478 g/mol. The molecule has 0 saturated heterocycles. The molecular weight excluding hydrogens is 456 g/mol. The molecule has 2 N–H and O–H groups in total. The van der Waals surface area contributed by atoms with E-state index < -0.39 is 21.8 Å². The summed E-state index contributed by atoms with van der Waals surface area (Å²) >= 11 is 1.17. The number of sulfone groups is 1. The molecule has 0 spiro atoms. The van der Waals surface area contributed by atoms with Gasteiger partial charge < -0.3 is 19.3 Å². The molecule has 1 heterocycles. The van der Waals surface area contributed by atoms with Gasteiger partial charge in [0.1, 0.15) is 23.4 Å². The van der Waals surface area contributed by atoms with Gasteiger partial charge in [0, 0.05) is 17.9 Å². The van der Waals surface area contributed by atoms with Crippen LogP contribution in [0.5, 0.6) is 22.3 Å². The SMILES string of the molecule is COc1cnc(NC(=O)c2cc(Oc3ccc(S(C)(=O)=O)cc3)cc(O[C@@H](C)CO)c2)s1. The van der Waals surface area contributed by atoms with Crippen molar-refractivity contribution in [3.8, 4) is 22.3 Å². The molecular formula is C21H22N2O7S2. The molecule has 9 nitrogen and oxygen atoms in total. The summed E-state index contributed by atoms with van der Waals surface area (Å²) in [6, 6.07) is 10.5. The molecule has 0 aliphatic rings. The van der Waals surface area contributed by atoms with Gasteiger partial charge in [-0.15, -0.1) is 0 Å². The number of ether oxygens (including phenoxy) is 3. The minimum Gasteiger partial charge on any atom is -0.488 e. The Kier molecular flexibility index (Phi) is 7.33. The van der Waals surface area contributed by atoms with Crippen molar-refractivity contribution in [2.24, 2.45) is 0 Å². The van der Waals surface area contributed by atoms with Crippen LogP contribution in [0, 0.1) is 0 Å². The number of carbonyl (C=O) groups excluding carboxylic acids is 1. The lowest BCUT2D eigenvalue weighted by Crippen LogP contribution is -2.17. The maximum Gasteiger partial charge on any atom is 0.257 e. The Morgan fingerprint density at radius 3 is 2.44 bits per heavy atom. The smallest absolute Gasteiger partial charge is 0.257 e. The largest absolute Gasteiger partial charge is 0.488 e. The topological polar surface area (TPSA) is 124 Å². The minimum absolute atomic E-state index is 0.164. The number of aromatic nitrogens is 1. The van der Waals surface area contributed by atoms with Crippen molar-refractivity contribution >= 4 is 32.2 Å². The average Bonchev–Trinajstić information content (AvgIpc) is 3.20. The number of aliphatic hydroxyl groups excluding tert-OH is 1. The Morgan fingerprint density at radius 2 is 1.84 bits per heavy atom. The third-order valence-corrected chi connectivity index (χ3v) is 6.13. The summed E-state index contributed by atoms with van der Waals surface area (Å²) in [6.45, 7) is 1.47. The molecule has 0 aliphatic heterocycles. The second-order valence-corrected chi connectivity index (χ2v) is 9.80. The first-order valence-corrected chi connectivity index (χ1v) is 12.1. The molecule has 11 heteroatoms. The van der Waals surface area contributed by atoms with E-state index in [0.717, 1.165) is 6.26 Å². The molecule has 0 bridgehead atoms. The molecule has 0 saturated carbocycles. The molecule has 170 valence electrons. The van der Waals surface area contributed by atoms with Gasteiger partial charge in [-0.3, -0.25) is 10.1 Å². The zero-order valence-corrected chi connectivity index (χ0v) is 19.2. The maximum absolute atomic E-state index is 12.8. The lowest BCUT2D eigenvalue weighted by molar-refractivity contribution is 0.102. The van der Waals surface area contributed by atoms with E-state index in [9.17, 15) is 18.3 Å². The van der Waals surface area contributed by atoms with Crippen molar-refractivity contribution in [3.63, 3.8) is 0 Å². The van der Waals surface area contributed by atoms with Crippen molar-refractivity contribution in [2.45, 2.75) is 17.9 Å². The summed E-state index contributed by atoms with van der Waals surface area (Å²) in [5.74, 6) is 0.544. The lowest BCUT2D eigenvalue weighted by Gasteiger charge is -2.15. The molecule has 3 rings (SSSR count). The number of methoxy groups -OCH3 is 1. The Balaban J connectivity index is 1.87.